The zero-order valence-corrected chi connectivity index (χ0v) is 16.5. The van der Waals surface area contributed by atoms with Crippen LogP contribution in [0, 0.1) is 34.6 Å². The minimum atomic E-state index is -0.480. The summed E-state index contributed by atoms with van der Waals surface area (Å²) in [6, 6.07) is 13.0. The maximum atomic E-state index is 10.8. The van der Waals surface area contributed by atoms with Gasteiger partial charge in [-0.3, -0.25) is 0 Å². The third kappa shape index (κ3) is 3.50. The molecule has 140 valence electrons. The smallest absolute Gasteiger partial charge is 0.120 e. The molecule has 0 bridgehead atoms. The topological polar surface area (TPSA) is 60.7 Å². The van der Waals surface area contributed by atoms with E-state index in [4.69, 9.17) is 0 Å². The van der Waals surface area contributed by atoms with Gasteiger partial charge in [-0.25, -0.2) is 0 Å². The first-order chi connectivity index (χ1) is 12.7. The molecule has 3 rings (SSSR count). The van der Waals surface area contributed by atoms with Crippen LogP contribution in [0.2, 0.25) is 0 Å². The van der Waals surface area contributed by atoms with Crippen molar-refractivity contribution in [3.05, 3.63) is 87.0 Å². The van der Waals surface area contributed by atoms with Gasteiger partial charge < -0.3 is 15.3 Å². The van der Waals surface area contributed by atoms with Crippen molar-refractivity contribution in [2.45, 2.75) is 40.5 Å². The fourth-order valence-corrected chi connectivity index (χ4v) is 4.02. The van der Waals surface area contributed by atoms with E-state index >= 15 is 0 Å². The lowest BCUT2D eigenvalue weighted by atomic mass is 9.79. The molecule has 0 aliphatic rings. The third-order valence-electron chi connectivity index (χ3n) is 5.09. The van der Waals surface area contributed by atoms with Crippen LogP contribution in [0.3, 0.4) is 0 Å². The second-order valence-electron chi connectivity index (χ2n) is 7.52. The predicted octanol–water partition coefficient (Wildman–Crippen LogP) is 5.53. The molecule has 0 unspecified atom stereocenters. The van der Waals surface area contributed by atoms with Gasteiger partial charge in [0, 0.05) is 22.6 Å². The lowest BCUT2D eigenvalue weighted by Gasteiger charge is -2.26. The van der Waals surface area contributed by atoms with Crippen molar-refractivity contribution >= 4 is 0 Å². The average molecular weight is 362 g/mol. The molecule has 3 nitrogen and oxygen atoms in total. The van der Waals surface area contributed by atoms with Crippen molar-refractivity contribution in [3.8, 4) is 17.2 Å². The zero-order valence-electron chi connectivity index (χ0n) is 16.5. The molecular formula is C24H26O3. The first-order valence-electron chi connectivity index (χ1n) is 9.08. The van der Waals surface area contributed by atoms with Crippen molar-refractivity contribution < 1.29 is 15.3 Å². The Labute approximate surface area is 160 Å². The van der Waals surface area contributed by atoms with E-state index in [-0.39, 0.29) is 17.2 Å². The highest BCUT2D eigenvalue weighted by Crippen LogP contribution is 2.46. The summed E-state index contributed by atoms with van der Waals surface area (Å²) in [5, 5.41) is 32.3. The largest absolute Gasteiger partial charge is 0.508 e. The second-order valence-corrected chi connectivity index (χ2v) is 7.52. The second kappa shape index (κ2) is 6.99. The molecule has 3 aromatic carbocycles. The van der Waals surface area contributed by atoms with Crippen LogP contribution in [-0.4, -0.2) is 15.3 Å². The van der Waals surface area contributed by atoms with Crippen molar-refractivity contribution in [3.63, 3.8) is 0 Å². The number of phenols is 3. The van der Waals surface area contributed by atoms with Gasteiger partial charge in [0.1, 0.15) is 17.2 Å². The summed E-state index contributed by atoms with van der Waals surface area (Å²) in [7, 11) is 0. The van der Waals surface area contributed by atoms with Crippen LogP contribution in [0.15, 0.2) is 42.5 Å². The van der Waals surface area contributed by atoms with Gasteiger partial charge in [-0.1, -0.05) is 24.3 Å². The quantitative estimate of drug-likeness (QED) is 0.537. The monoisotopic (exact) mass is 362 g/mol. The zero-order chi connectivity index (χ0) is 19.9. The van der Waals surface area contributed by atoms with Crippen molar-refractivity contribution in [2.75, 3.05) is 0 Å². The van der Waals surface area contributed by atoms with Gasteiger partial charge in [0.25, 0.3) is 0 Å². The highest BCUT2D eigenvalue weighted by Gasteiger charge is 2.28. The van der Waals surface area contributed by atoms with Crippen LogP contribution < -0.4 is 0 Å². The Morgan fingerprint density at radius 1 is 0.556 bits per heavy atom. The molecule has 0 saturated heterocycles. The number of benzene rings is 3. The van der Waals surface area contributed by atoms with Crippen molar-refractivity contribution in [1.29, 1.82) is 0 Å². The van der Waals surface area contributed by atoms with Crippen LogP contribution in [0.4, 0.5) is 0 Å². The number of aryl methyl sites for hydroxylation is 5. The molecule has 0 fully saturated rings. The number of hydrogen-bond acceptors (Lipinski definition) is 3. The van der Waals surface area contributed by atoms with Crippen LogP contribution in [0.25, 0.3) is 0 Å². The van der Waals surface area contributed by atoms with Crippen LogP contribution >= 0.6 is 0 Å². The van der Waals surface area contributed by atoms with Crippen LogP contribution in [0.5, 0.6) is 17.2 Å². The first-order valence-corrected chi connectivity index (χ1v) is 9.08. The summed E-state index contributed by atoms with van der Waals surface area (Å²) in [6.45, 7) is 9.68. The molecule has 3 aromatic rings. The number of phenolic OH excluding ortho intramolecular Hbond substituents is 3. The summed E-state index contributed by atoms with van der Waals surface area (Å²) in [4.78, 5) is 0. The van der Waals surface area contributed by atoms with Crippen molar-refractivity contribution in [2.24, 2.45) is 0 Å². The van der Waals surface area contributed by atoms with E-state index < -0.39 is 5.92 Å². The molecular weight excluding hydrogens is 336 g/mol. The molecule has 0 heterocycles. The molecule has 3 N–H and O–H groups in total. The van der Waals surface area contributed by atoms with E-state index in [2.05, 4.69) is 0 Å². The molecule has 27 heavy (non-hydrogen) atoms. The Hall–Kier alpha value is -2.94. The molecule has 0 aliphatic heterocycles. The van der Waals surface area contributed by atoms with Gasteiger partial charge in [0.2, 0.25) is 0 Å². The maximum Gasteiger partial charge on any atom is 0.120 e. The lowest BCUT2D eigenvalue weighted by molar-refractivity contribution is 0.449. The highest BCUT2D eigenvalue weighted by atomic mass is 16.3. The van der Waals surface area contributed by atoms with E-state index in [1.807, 2.05) is 58.9 Å². The summed E-state index contributed by atoms with van der Waals surface area (Å²) in [6.07, 6.45) is 0. The van der Waals surface area contributed by atoms with Crippen LogP contribution in [0.1, 0.15) is 50.4 Å². The van der Waals surface area contributed by atoms with Gasteiger partial charge in [-0.2, -0.15) is 0 Å². The SMILES string of the molecule is Cc1ccc(C(c2c(C)cc(C)cc2O)c2c(C)cc(C)cc2O)c(O)c1. The Morgan fingerprint density at radius 2 is 1.00 bits per heavy atom. The van der Waals surface area contributed by atoms with E-state index in [9.17, 15) is 15.3 Å². The lowest BCUT2D eigenvalue weighted by Crippen LogP contribution is -2.09. The average Bonchev–Trinajstić information content (AvgIpc) is 2.52. The molecule has 0 aliphatic carbocycles. The molecule has 0 saturated carbocycles. The van der Waals surface area contributed by atoms with E-state index in [1.165, 1.54) is 0 Å². The Balaban J connectivity index is 2.39. The van der Waals surface area contributed by atoms with Gasteiger partial charge in [0.05, 0.1) is 0 Å². The van der Waals surface area contributed by atoms with Crippen molar-refractivity contribution in [1.82, 2.24) is 0 Å². The highest BCUT2D eigenvalue weighted by molar-refractivity contribution is 5.61. The molecule has 0 atom stereocenters. The van der Waals surface area contributed by atoms with E-state index in [0.29, 0.717) is 16.7 Å². The Bertz CT molecular complexity index is 915. The fraction of sp³-hybridized carbons (Fsp3) is 0.250. The van der Waals surface area contributed by atoms with Crippen LogP contribution in [-0.2, 0) is 0 Å². The predicted molar refractivity (Wildman–Crippen MR) is 109 cm³/mol. The standard InChI is InChI=1S/C24H26O3/c1-13-6-7-18(19(25)10-13)24(22-16(4)8-14(2)11-20(22)26)23-17(5)9-15(3)12-21(23)27/h6-12,24-27H,1-5H3. The van der Waals surface area contributed by atoms with Gasteiger partial charge in [-0.15, -0.1) is 0 Å². The summed E-state index contributed by atoms with van der Waals surface area (Å²) in [5.41, 5.74) is 6.75. The van der Waals surface area contributed by atoms with Gasteiger partial charge >= 0.3 is 0 Å². The molecule has 0 radical (unpaired) electrons. The third-order valence-corrected chi connectivity index (χ3v) is 5.09. The molecule has 0 amide bonds. The summed E-state index contributed by atoms with van der Waals surface area (Å²) < 4.78 is 0. The minimum absolute atomic E-state index is 0.152. The first kappa shape index (κ1) is 18.8. The maximum absolute atomic E-state index is 10.8. The van der Waals surface area contributed by atoms with E-state index in [1.54, 1.807) is 18.2 Å². The number of rotatable bonds is 3. The molecule has 0 spiro atoms. The van der Waals surface area contributed by atoms with Gasteiger partial charge in [0.15, 0.2) is 0 Å². The van der Waals surface area contributed by atoms with Gasteiger partial charge in [-0.05, 0) is 80.6 Å². The summed E-state index contributed by atoms with van der Waals surface area (Å²) in [5.74, 6) is -0.000694. The number of aromatic hydroxyl groups is 3. The Kier molecular flexibility index (Phi) is 4.88. The normalized spacial score (nSPS) is 11.2. The van der Waals surface area contributed by atoms with E-state index in [0.717, 1.165) is 27.8 Å². The molecule has 0 aromatic heterocycles. The molecule has 3 heteroatoms. The minimum Gasteiger partial charge on any atom is -0.508 e. The summed E-state index contributed by atoms with van der Waals surface area (Å²) >= 11 is 0. The fourth-order valence-electron chi connectivity index (χ4n) is 4.02. The number of hydrogen-bond donors (Lipinski definition) is 3. The Morgan fingerprint density at radius 3 is 1.41 bits per heavy atom.